The molecule has 0 aromatic carbocycles. The lowest BCUT2D eigenvalue weighted by Gasteiger charge is -2.31. The number of amides is 1. The summed E-state index contributed by atoms with van der Waals surface area (Å²) in [6, 6.07) is 4.09. The average molecular weight is 289 g/mol. The van der Waals surface area contributed by atoms with Crippen molar-refractivity contribution in [3.63, 3.8) is 0 Å². The van der Waals surface area contributed by atoms with Crippen LogP contribution in [0.15, 0.2) is 24.5 Å². The fourth-order valence-corrected chi connectivity index (χ4v) is 2.73. The third kappa shape index (κ3) is 5.46. The van der Waals surface area contributed by atoms with Gasteiger partial charge in [-0.25, -0.2) is 0 Å². The molecular weight excluding hydrogens is 262 g/mol. The fourth-order valence-electron chi connectivity index (χ4n) is 2.73. The van der Waals surface area contributed by atoms with Crippen LogP contribution in [0.4, 0.5) is 0 Å². The number of pyridine rings is 1. The molecule has 1 aliphatic rings. The Kier molecular flexibility index (Phi) is 6.18. The average Bonchev–Trinajstić information content (AvgIpc) is 2.48. The van der Waals surface area contributed by atoms with Crippen LogP contribution in [-0.2, 0) is 11.3 Å². The van der Waals surface area contributed by atoms with Gasteiger partial charge in [0.25, 0.3) is 0 Å². The SMILES string of the molecule is CC(C)CCNC(=O)C1CCN(Cc2cccnc2)CC1. The molecule has 1 aromatic rings. The van der Waals surface area contributed by atoms with E-state index in [-0.39, 0.29) is 11.8 Å². The molecule has 0 unspecified atom stereocenters. The van der Waals surface area contributed by atoms with Crippen LogP contribution in [0.3, 0.4) is 0 Å². The van der Waals surface area contributed by atoms with E-state index < -0.39 is 0 Å². The molecule has 0 atom stereocenters. The lowest BCUT2D eigenvalue weighted by Crippen LogP contribution is -2.40. The van der Waals surface area contributed by atoms with Crippen LogP contribution in [0.5, 0.6) is 0 Å². The third-order valence-electron chi connectivity index (χ3n) is 4.11. The van der Waals surface area contributed by atoms with Crippen molar-refractivity contribution in [2.45, 2.75) is 39.7 Å². The minimum atomic E-state index is 0.197. The maximum Gasteiger partial charge on any atom is 0.223 e. The Balaban J connectivity index is 1.69. The van der Waals surface area contributed by atoms with Gasteiger partial charge in [0.05, 0.1) is 0 Å². The zero-order chi connectivity index (χ0) is 15.1. The molecule has 1 N–H and O–H groups in total. The molecule has 1 saturated heterocycles. The first-order valence-electron chi connectivity index (χ1n) is 8.04. The maximum absolute atomic E-state index is 12.1. The molecule has 1 aliphatic heterocycles. The number of nitrogens with zero attached hydrogens (tertiary/aromatic N) is 2. The quantitative estimate of drug-likeness (QED) is 0.875. The van der Waals surface area contributed by atoms with Gasteiger partial charge in [0.2, 0.25) is 5.91 Å². The Morgan fingerprint density at radius 2 is 2.19 bits per heavy atom. The van der Waals surface area contributed by atoms with Gasteiger partial charge in [-0.2, -0.15) is 0 Å². The number of rotatable bonds is 6. The van der Waals surface area contributed by atoms with Crippen molar-refractivity contribution in [1.82, 2.24) is 15.2 Å². The number of hydrogen-bond acceptors (Lipinski definition) is 3. The van der Waals surface area contributed by atoms with E-state index in [1.54, 1.807) is 6.20 Å². The topological polar surface area (TPSA) is 45.2 Å². The predicted octanol–water partition coefficient (Wildman–Crippen LogP) is 2.46. The van der Waals surface area contributed by atoms with E-state index in [0.717, 1.165) is 45.4 Å². The summed E-state index contributed by atoms with van der Waals surface area (Å²) in [6.07, 6.45) is 6.72. The zero-order valence-electron chi connectivity index (χ0n) is 13.2. The van der Waals surface area contributed by atoms with Crippen LogP contribution in [0.25, 0.3) is 0 Å². The van der Waals surface area contributed by atoms with E-state index in [4.69, 9.17) is 0 Å². The summed E-state index contributed by atoms with van der Waals surface area (Å²) in [5.41, 5.74) is 1.25. The molecule has 0 aliphatic carbocycles. The summed E-state index contributed by atoms with van der Waals surface area (Å²) in [5, 5.41) is 3.08. The van der Waals surface area contributed by atoms with Crippen molar-refractivity contribution in [2.75, 3.05) is 19.6 Å². The van der Waals surface area contributed by atoms with Crippen molar-refractivity contribution in [3.8, 4) is 0 Å². The van der Waals surface area contributed by atoms with Crippen LogP contribution in [-0.4, -0.2) is 35.4 Å². The smallest absolute Gasteiger partial charge is 0.223 e. The molecule has 2 heterocycles. The van der Waals surface area contributed by atoms with Gasteiger partial charge in [-0.1, -0.05) is 19.9 Å². The molecule has 1 aromatic heterocycles. The van der Waals surface area contributed by atoms with E-state index >= 15 is 0 Å². The summed E-state index contributed by atoms with van der Waals surface area (Å²) in [4.78, 5) is 18.7. The second-order valence-electron chi connectivity index (χ2n) is 6.39. The Bertz CT molecular complexity index is 425. The standard InChI is InChI=1S/C17H27N3O/c1-14(2)5-9-19-17(21)16-6-10-20(11-7-16)13-15-4-3-8-18-12-15/h3-4,8,12,14,16H,5-7,9-11,13H2,1-2H3,(H,19,21). The van der Waals surface area contributed by atoms with Crippen molar-refractivity contribution in [1.29, 1.82) is 0 Å². The van der Waals surface area contributed by atoms with E-state index in [1.807, 2.05) is 12.3 Å². The molecule has 4 nitrogen and oxygen atoms in total. The normalized spacial score (nSPS) is 17.1. The maximum atomic E-state index is 12.1. The molecule has 1 fully saturated rings. The van der Waals surface area contributed by atoms with Crippen LogP contribution in [0, 0.1) is 11.8 Å². The number of carbonyl (C=O) groups excluding carboxylic acids is 1. The van der Waals surface area contributed by atoms with Gasteiger partial charge in [0, 0.05) is 31.4 Å². The largest absolute Gasteiger partial charge is 0.356 e. The highest BCUT2D eigenvalue weighted by molar-refractivity contribution is 5.78. The second-order valence-corrected chi connectivity index (χ2v) is 6.39. The Morgan fingerprint density at radius 1 is 1.43 bits per heavy atom. The van der Waals surface area contributed by atoms with E-state index in [0.29, 0.717) is 5.92 Å². The lowest BCUT2D eigenvalue weighted by atomic mass is 9.95. The summed E-state index contributed by atoms with van der Waals surface area (Å²) in [5.74, 6) is 1.09. The Hall–Kier alpha value is -1.42. The molecule has 4 heteroatoms. The third-order valence-corrected chi connectivity index (χ3v) is 4.11. The fraction of sp³-hybridized carbons (Fsp3) is 0.647. The Labute approximate surface area is 127 Å². The highest BCUT2D eigenvalue weighted by Crippen LogP contribution is 2.19. The van der Waals surface area contributed by atoms with E-state index in [1.165, 1.54) is 5.56 Å². The molecule has 21 heavy (non-hydrogen) atoms. The van der Waals surface area contributed by atoms with Crippen LogP contribution in [0.2, 0.25) is 0 Å². The molecule has 1 amide bonds. The highest BCUT2D eigenvalue weighted by Gasteiger charge is 2.24. The van der Waals surface area contributed by atoms with Crippen molar-refractivity contribution >= 4 is 5.91 Å². The zero-order valence-corrected chi connectivity index (χ0v) is 13.2. The number of piperidine rings is 1. The minimum Gasteiger partial charge on any atom is -0.356 e. The lowest BCUT2D eigenvalue weighted by molar-refractivity contribution is -0.126. The van der Waals surface area contributed by atoms with E-state index in [9.17, 15) is 4.79 Å². The van der Waals surface area contributed by atoms with Gasteiger partial charge < -0.3 is 5.32 Å². The van der Waals surface area contributed by atoms with Crippen LogP contribution >= 0.6 is 0 Å². The van der Waals surface area contributed by atoms with Gasteiger partial charge in [-0.3, -0.25) is 14.7 Å². The number of aromatic nitrogens is 1. The number of hydrogen-bond donors (Lipinski definition) is 1. The number of carbonyl (C=O) groups is 1. The minimum absolute atomic E-state index is 0.197. The summed E-state index contributed by atoms with van der Waals surface area (Å²) >= 11 is 0. The first-order chi connectivity index (χ1) is 10.1. The molecule has 116 valence electrons. The van der Waals surface area contributed by atoms with Crippen LogP contribution < -0.4 is 5.32 Å². The number of nitrogens with one attached hydrogen (secondary N) is 1. The molecular formula is C17H27N3O. The first kappa shape index (κ1) is 16.0. The highest BCUT2D eigenvalue weighted by atomic mass is 16.1. The molecule has 0 saturated carbocycles. The molecule has 0 radical (unpaired) electrons. The summed E-state index contributed by atoms with van der Waals surface area (Å²) in [7, 11) is 0. The molecule has 2 rings (SSSR count). The van der Waals surface area contributed by atoms with Gasteiger partial charge in [-0.05, 0) is 49.9 Å². The molecule has 0 bridgehead atoms. The molecule has 0 spiro atoms. The number of likely N-dealkylation sites (tertiary alicyclic amines) is 1. The summed E-state index contributed by atoms with van der Waals surface area (Å²) < 4.78 is 0. The van der Waals surface area contributed by atoms with E-state index in [2.05, 4.69) is 35.1 Å². The monoisotopic (exact) mass is 289 g/mol. The Morgan fingerprint density at radius 3 is 2.81 bits per heavy atom. The van der Waals surface area contributed by atoms with Gasteiger partial charge >= 0.3 is 0 Å². The van der Waals surface area contributed by atoms with Gasteiger partial charge in [-0.15, -0.1) is 0 Å². The van der Waals surface area contributed by atoms with Crippen LogP contribution in [0.1, 0.15) is 38.7 Å². The van der Waals surface area contributed by atoms with Gasteiger partial charge in [0.1, 0.15) is 0 Å². The van der Waals surface area contributed by atoms with Crippen molar-refractivity contribution in [3.05, 3.63) is 30.1 Å². The van der Waals surface area contributed by atoms with Crippen molar-refractivity contribution < 1.29 is 4.79 Å². The second kappa shape index (κ2) is 8.13. The van der Waals surface area contributed by atoms with Gasteiger partial charge in [0.15, 0.2) is 0 Å². The summed E-state index contributed by atoms with van der Waals surface area (Å²) in [6.45, 7) is 8.11. The van der Waals surface area contributed by atoms with Crippen molar-refractivity contribution in [2.24, 2.45) is 11.8 Å². The predicted molar refractivity (Wildman–Crippen MR) is 84.7 cm³/mol. The first-order valence-corrected chi connectivity index (χ1v) is 8.04.